The van der Waals surface area contributed by atoms with Crippen molar-refractivity contribution in [2.24, 2.45) is 22.9 Å². The Hall–Kier alpha value is -4.20. The van der Waals surface area contributed by atoms with Crippen LogP contribution in [0.25, 0.3) is 10.9 Å². The lowest BCUT2D eigenvalue weighted by Crippen LogP contribution is -2.61. The van der Waals surface area contributed by atoms with E-state index in [4.69, 9.17) is 28.5 Å². The van der Waals surface area contributed by atoms with Crippen molar-refractivity contribution in [2.45, 2.75) is 128 Å². The lowest BCUT2D eigenvalue weighted by atomic mass is 9.74. The van der Waals surface area contributed by atoms with Crippen LogP contribution in [0.15, 0.2) is 41.7 Å². The molecule has 57 heavy (non-hydrogen) atoms. The summed E-state index contributed by atoms with van der Waals surface area (Å²) in [6.45, 7) is 11.1. The van der Waals surface area contributed by atoms with Gasteiger partial charge in [-0.05, 0) is 66.3 Å². The number of para-hydroxylation sites is 1. The summed E-state index contributed by atoms with van der Waals surface area (Å²) in [7, 11) is 5.07. The van der Waals surface area contributed by atoms with Crippen molar-refractivity contribution in [3.63, 3.8) is 0 Å². The number of aromatic nitrogens is 1. The zero-order valence-corrected chi connectivity index (χ0v) is 34.5. The molecule has 1 aromatic carbocycles. The fourth-order valence-corrected chi connectivity index (χ4v) is 8.41. The normalized spacial score (nSPS) is 37.4. The molecule has 3 fully saturated rings. The number of Topliss-reactive ketones (excluding diaryl/α,β-unsaturated/α-hetero) is 1. The van der Waals surface area contributed by atoms with Gasteiger partial charge in [0.25, 0.3) is 5.67 Å². The quantitative estimate of drug-likeness (QED) is 0.174. The molecule has 2 unspecified atom stereocenters. The highest BCUT2D eigenvalue weighted by Gasteiger charge is 2.56. The maximum atomic E-state index is 16.8. The van der Waals surface area contributed by atoms with Crippen molar-refractivity contribution in [1.82, 2.24) is 15.2 Å². The third-order valence-electron chi connectivity index (χ3n) is 11.5. The Labute approximate surface area is 334 Å². The number of nitrogens with one attached hydrogen (secondary N) is 1. The number of halogens is 1. The fourth-order valence-electron chi connectivity index (χ4n) is 8.41. The maximum absolute atomic E-state index is 16.8. The Bertz CT molecular complexity index is 1860. The molecule has 2 aromatic rings. The lowest BCUT2D eigenvalue weighted by molar-refractivity contribution is -0.296. The molecule has 15 heteroatoms. The van der Waals surface area contributed by atoms with Crippen molar-refractivity contribution in [2.75, 3.05) is 27.8 Å². The van der Waals surface area contributed by atoms with E-state index in [0.29, 0.717) is 17.7 Å². The first-order chi connectivity index (χ1) is 26.9. The van der Waals surface area contributed by atoms with E-state index in [1.54, 1.807) is 20.0 Å². The van der Waals surface area contributed by atoms with Gasteiger partial charge in [0.1, 0.15) is 25.9 Å². The molecule has 1 amide bonds. The first-order valence-electron chi connectivity index (χ1n) is 19.6. The number of aliphatic hydroxyl groups is 1. The minimum Gasteiger partial charge on any atom is -0.456 e. The van der Waals surface area contributed by atoms with Crippen molar-refractivity contribution >= 4 is 34.5 Å². The van der Waals surface area contributed by atoms with Gasteiger partial charge in [-0.3, -0.25) is 9.78 Å². The number of likely N-dealkylation sites (N-methyl/N-ethyl adjacent to an activating group) is 1. The maximum Gasteiger partial charge on any atom is 0.407 e. The fraction of sp³-hybridized carbons (Fsp3) is 0.643. The number of benzene rings is 1. The Morgan fingerprint density at radius 2 is 1.82 bits per heavy atom. The summed E-state index contributed by atoms with van der Waals surface area (Å²) in [6.07, 6.45) is -4.60. The third kappa shape index (κ3) is 9.58. The second kappa shape index (κ2) is 18.2. The molecule has 13 atom stereocenters. The SMILES string of the molecule is CC[C@H]1OC(=O)[C@@](C)(F)C(=O)[C@H](C)[C@@H](OC2O[C@H](C)C[C@H](N(C)C)C2O)[C@@](C)(OCC#Cc2cnc3ccccc3c2)C[C@@H](C)/C(=N\OC)[C@H](C)[C@H]2NC(=O)O[C@@H]21. The molecular weight excluding hydrogens is 739 g/mol. The van der Waals surface area contributed by atoms with Crippen molar-refractivity contribution < 1.29 is 52.4 Å². The van der Waals surface area contributed by atoms with Crippen molar-refractivity contribution in [3.8, 4) is 11.8 Å². The van der Waals surface area contributed by atoms with Gasteiger partial charge in [0.2, 0.25) is 0 Å². The Kier molecular flexibility index (Phi) is 14.0. The molecule has 1 aromatic heterocycles. The third-order valence-corrected chi connectivity index (χ3v) is 11.5. The smallest absolute Gasteiger partial charge is 0.407 e. The molecule has 0 radical (unpaired) electrons. The molecule has 14 nitrogen and oxygen atoms in total. The number of ketones is 1. The average molecular weight is 797 g/mol. The van der Waals surface area contributed by atoms with E-state index in [0.717, 1.165) is 17.8 Å². The van der Waals surface area contributed by atoms with Crippen molar-refractivity contribution in [1.29, 1.82) is 0 Å². The number of alkyl halides is 1. The summed E-state index contributed by atoms with van der Waals surface area (Å²) in [5.74, 6) is 1.13. The van der Waals surface area contributed by atoms with Crippen molar-refractivity contribution in [3.05, 3.63) is 42.1 Å². The second-order valence-electron chi connectivity index (χ2n) is 16.1. The zero-order chi connectivity index (χ0) is 41.8. The van der Waals surface area contributed by atoms with E-state index in [-0.39, 0.29) is 31.6 Å². The number of cyclic esters (lactones) is 1. The van der Waals surface area contributed by atoms with E-state index in [9.17, 15) is 19.5 Å². The number of carbonyl (C=O) groups excluding carboxylic acids is 3. The number of esters is 1. The van der Waals surface area contributed by atoms with E-state index >= 15 is 4.39 Å². The highest BCUT2D eigenvalue weighted by Crippen LogP contribution is 2.39. The Morgan fingerprint density at radius 3 is 2.51 bits per heavy atom. The first-order valence-corrected chi connectivity index (χ1v) is 19.6. The monoisotopic (exact) mass is 796 g/mol. The van der Waals surface area contributed by atoms with Gasteiger partial charge in [0.05, 0.1) is 35.1 Å². The average Bonchev–Trinajstić information content (AvgIpc) is 3.57. The standard InChI is InChI=1S/C42H57FN4O10/c1-11-31-35-33(45-40(51)56-35)25(4)32(46-52-10)23(2)21-41(6,53-18-14-15-27-20-28-16-12-13-17-29(28)44-22-27)37(26(5)36(49)42(7,43)39(50)55-31)57-38-34(48)30(47(8)9)19-24(3)54-38/h12-13,16-17,20,22-26,30-31,33-35,37-38,48H,11,18-19,21H2,1-10H3,(H,45,51)/b46-32+/t23-,24-,25+,26+,30+,31-,33-,34?,35-,37-,38?,41+,42+/m1/s1. The van der Waals surface area contributed by atoms with Gasteiger partial charge in [-0.25, -0.2) is 14.0 Å². The van der Waals surface area contributed by atoms with Crippen LogP contribution in [-0.4, -0.2) is 127 Å². The van der Waals surface area contributed by atoms with Gasteiger partial charge in [-0.1, -0.05) is 62.9 Å². The number of oxime groups is 1. The first kappa shape index (κ1) is 43.9. The number of ether oxygens (including phenoxy) is 5. The molecule has 0 spiro atoms. The molecular formula is C42H57FN4O10. The number of aliphatic hydroxyl groups excluding tert-OH is 1. The number of amides is 1. The minimum absolute atomic E-state index is 0.0906. The topological polar surface area (TPSA) is 167 Å². The number of nitrogens with zero attached hydrogens (tertiary/aromatic N) is 3. The molecule has 2 N–H and O–H groups in total. The molecule has 3 aliphatic rings. The summed E-state index contributed by atoms with van der Waals surface area (Å²) in [4.78, 5) is 52.5. The van der Waals surface area contributed by atoms with Crippen LogP contribution in [0.3, 0.4) is 0 Å². The van der Waals surface area contributed by atoms with Crippen LogP contribution in [0.5, 0.6) is 0 Å². The summed E-state index contributed by atoms with van der Waals surface area (Å²) in [6, 6.07) is 8.43. The lowest BCUT2D eigenvalue weighted by Gasteiger charge is -2.47. The predicted molar refractivity (Wildman–Crippen MR) is 209 cm³/mol. The van der Waals surface area contributed by atoms with Crippen LogP contribution >= 0.6 is 0 Å². The predicted octanol–water partition coefficient (Wildman–Crippen LogP) is 4.58. The molecule has 312 valence electrons. The van der Waals surface area contributed by atoms with Gasteiger partial charge < -0.3 is 43.8 Å². The highest BCUT2D eigenvalue weighted by atomic mass is 19.1. The number of hydrogen-bond acceptors (Lipinski definition) is 13. The Morgan fingerprint density at radius 1 is 1.11 bits per heavy atom. The number of carbonyl (C=O) groups is 3. The number of rotatable bonds is 7. The van der Waals surface area contributed by atoms with E-state index in [1.165, 1.54) is 14.0 Å². The molecule has 5 rings (SSSR count). The van der Waals surface area contributed by atoms with E-state index in [2.05, 4.69) is 27.3 Å². The molecule has 0 aliphatic carbocycles. The van der Waals surface area contributed by atoms with Gasteiger partial charge in [0.15, 0.2) is 18.2 Å². The largest absolute Gasteiger partial charge is 0.456 e. The molecule has 3 saturated heterocycles. The van der Waals surface area contributed by atoms with E-state index < -0.39 is 83.6 Å². The van der Waals surface area contributed by atoms with Gasteiger partial charge in [-0.2, -0.15) is 0 Å². The number of fused-ring (bicyclic) bond motifs is 2. The Balaban J connectivity index is 1.62. The van der Waals surface area contributed by atoms with Crippen LogP contribution in [0.1, 0.15) is 73.3 Å². The summed E-state index contributed by atoms with van der Waals surface area (Å²) in [5, 5.41) is 19.7. The number of alkyl carbamates (subject to hydrolysis) is 1. The second-order valence-corrected chi connectivity index (χ2v) is 16.1. The molecule has 4 heterocycles. The zero-order valence-electron chi connectivity index (χ0n) is 34.5. The van der Waals surface area contributed by atoms with Crippen LogP contribution < -0.4 is 5.32 Å². The minimum atomic E-state index is -3.17. The molecule has 0 saturated carbocycles. The summed E-state index contributed by atoms with van der Waals surface area (Å²) in [5.41, 5.74) is -2.69. The number of pyridine rings is 1. The molecule has 0 bridgehead atoms. The van der Waals surface area contributed by atoms with Crippen LogP contribution in [-0.2, 0) is 38.1 Å². The highest BCUT2D eigenvalue weighted by molar-refractivity contribution is 6.08. The number of hydrogen-bond donors (Lipinski definition) is 2. The summed E-state index contributed by atoms with van der Waals surface area (Å²) >= 11 is 0. The van der Waals surface area contributed by atoms with Crippen LogP contribution in [0.2, 0.25) is 0 Å². The van der Waals surface area contributed by atoms with Gasteiger partial charge in [0, 0.05) is 40.9 Å². The molecule has 3 aliphatic heterocycles. The van der Waals surface area contributed by atoms with Gasteiger partial charge >= 0.3 is 12.1 Å². The van der Waals surface area contributed by atoms with E-state index in [1.807, 2.05) is 70.1 Å². The van der Waals surface area contributed by atoms with Crippen LogP contribution in [0.4, 0.5) is 9.18 Å². The van der Waals surface area contributed by atoms with Gasteiger partial charge in [-0.15, -0.1) is 0 Å². The summed E-state index contributed by atoms with van der Waals surface area (Å²) < 4.78 is 47.6. The van der Waals surface area contributed by atoms with Crippen LogP contribution in [0, 0.1) is 29.6 Å².